The van der Waals surface area contributed by atoms with Crippen LogP contribution in [0.15, 0.2) is 24.3 Å². The molecule has 5 nitrogen and oxygen atoms in total. The summed E-state index contributed by atoms with van der Waals surface area (Å²) in [5.74, 6) is 0.442. The molecule has 1 aromatic rings. The molecule has 0 aliphatic carbocycles. The zero-order chi connectivity index (χ0) is 16.7. The van der Waals surface area contributed by atoms with Crippen LogP contribution < -0.4 is 16.0 Å². The highest BCUT2D eigenvalue weighted by Gasteiger charge is 2.18. The molecule has 2 atom stereocenters. The van der Waals surface area contributed by atoms with Gasteiger partial charge in [-0.1, -0.05) is 23.7 Å². The molecule has 1 aromatic carbocycles. The molecular formula is C17H24ClN3O2. The molecule has 3 N–H and O–H groups in total. The van der Waals surface area contributed by atoms with Crippen LogP contribution in [0.2, 0.25) is 5.02 Å². The van der Waals surface area contributed by atoms with Crippen LogP contribution >= 0.6 is 11.6 Å². The second-order valence-electron chi connectivity index (χ2n) is 6.01. The Morgan fingerprint density at radius 3 is 2.70 bits per heavy atom. The minimum absolute atomic E-state index is 0.0512. The summed E-state index contributed by atoms with van der Waals surface area (Å²) in [7, 11) is 0. The van der Waals surface area contributed by atoms with Crippen molar-refractivity contribution in [3.8, 4) is 0 Å². The highest BCUT2D eigenvalue weighted by Crippen LogP contribution is 2.19. The third-order valence-electron chi connectivity index (χ3n) is 4.08. The number of rotatable bonds is 7. The van der Waals surface area contributed by atoms with Crippen molar-refractivity contribution in [2.45, 2.75) is 32.2 Å². The molecule has 126 valence electrons. The normalized spacial score (nSPS) is 18.4. The summed E-state index contributed by atoms with van der Waals surface area (Å²) in [5.41, 5.74) is 0.875. The minimum atomic E-state index is -0.335. The van der Waals surface area contributed by atoms with E-state index in [0.29, 0.717) is 17.5 Å². The van der Waals surface area contributed by atoms with E-state index >= 15 is 0 Å². The first-order valence-corrected chi connectivity index (χ1v) is 8.42. The van der Waals surface area contributed by atoms with E-state index < -0.39 is 0 Å². The number of halogens is 1. The van der Waals surface area contributed by atoms with Gasteiger partial charge in [0.2, 0.25) is 11.8 Å². The molecule has 2 rings (SSSR count). The van der Waals surface area contributed by atoms with Crippen molar-refractivity contribution in [1.82, 2.24) is 16.0 Å². The molecule has 1 fully saturated rings. The summed E-state index contributed by atoms with van der Waals surface area (Å²) < 4.78 is 0. The first kappa shape index (κ1) is 17.8. The maximum Gasteiger partial charge on any atom is 0.222 e. The van der Waals surface area contributed by atoms with E-state index in [2.05, 4.69) is 16.0 Å². The molecule has 1 aliphatic heterocycles. The van der Waals surface area contributed by atoms with Gasteiger partial charge in [0, 0.05) is 18.5 Å². The second kappa shape index (κ2) is 8.89. The fraction of sp³-hybridized carbons (Fsp3) is 0.529. The summed E-state index contributed by atoms with van der Waals surface area (Å²) in [4.78, 5) is 23.5. The van der Waals surface area contributed by atoms with Gasteiger partial charge in [-0.15, -0.1) is 0 Å². The number of carbonyl (C=O) groups excluding carboxylic acids is 2. The van der Waals surface area contributed by atoms with Crippen LogP contribution in [-0.4, -0.2) is 31.4 Å². The Balaban J connectivity index is 1.84. The third kappa shape index (κ3) is 6.20. The van der Waals surface area contributed by atoms with Crippen molar-refractivity contribution in [3.05, 3.63) is 34.9 Å². The van der Waals surface area contributed by atoms with E-state index in [1.54, 1.807) is 12.1 Å². The Bertz CT molecular complexity index is 527. The maximum atomic E-state index is 12.1. The highest BCUT2D eigenvalue weighted by molar-refractivity contribution is 6.30. The second-order valence-corrected chi connectivity index (χ2v) is 6.44. The van der Waals surface area contributed by atoms with E-state index in [1.807, 2.05) is 12.1 Å². The number of hydrogen-bond acceptors (Lipinski definition) is 3. The van der Waals surface area contributed by atoms with Gasteiger partial charge >= 0.3 is 0 Å². The van der Waals surface area contributed by atoms with Gasteiger partial charge in [0.1, 0.15) is 0 Å². The molecule has 2 amide bonds. The standard InChI is InChI=1S/C17H24ClN3O2/c1-12(22)21-16(14-2-4-15(18)5-3-14)10-17(23)20-9-7-13-6-8-19-11-13/h2-5,13,16,19H,6-11H2,1H3,(H,20,23)(H,21,22). The first-order chi connectivity index (χ1) is 11.0. The Morgan fingerprint density at radius 1 is 1.35 bits per heavy atom. The molecule has 1 saturated heterocycles. The molecule has 23 heavy (non-hydrogen) atoms. The molecule has 0 radical (unpaired) electrons. The van der Waals surface area contributed by atoms with Gasteiger partial charge < -0.3 is 16.0 Å². The summed E-state index contributed by atoms with van der Waals surface area (Å²) in [6.07, 6.45) is 2.39. The Labute approximate surface area is 142 Å². The van der Waals surface area contributed by atoms with Crippen LogP contribution in [0.3, 0.4) is 0 Å². The molecule has 0 aromatic heterocycles. The van der Waals surface area contributed by atoms with Crippen molar-refractivity contribution in [3.63, 3.8) is 0 Å². The van der Waals surface area contributed by atoms with Gasteiger partial charge in [-0.3, -0.25) is 9.59 Å². The summed E-state index contributed by atoms with van der Waals surface area (Å²) in [5, 5.41) is 9.72. The van der Waals surface area contributed by atoms with Gasteiger partial charge in [-0.25, -0.2) is 0 Å². The van der Waals surface area contributed by atoms with Crippen molar-refractivity contribution < 1.29 is 9.59 Å². The fourth-order valence-corrected chi connectivity index (χ4v) is 2.95. The van der Waals surface area contributed by atoms with Crippen LogP contribution in [0.5, 0.6) is 0 Å². The molecule has 0 spiro atoms. The van der Waals surface area contributed by atoms with Crippen molar-refractivity contribution >= 4 is 23.4 Å². The molecular weight excluding hydrogens is 314 g/mol. The Kier molecular flexibility index (Phi) is 6.86. The Morgan fingerprint density at radius 2 is 2.09 bits per heavy atom. The molecule has 0 bridgehead atoms. The summed E-state index contributed by atoms with van der Waals surface area (Å²) >= 11 is 5.89. The quantitative estimate of drug-likeness (QED) is 0.713. The van der Waals surface area contributed by atoms with E-state index in [-0.39, 0.29) is 24.3 Å². The van der Waals surface area contributed by atoms with Crippen molar-refractivity contribution in [2.75, 3.05) is 19.6 Å². The monoisotopic (exact) mass is 337 g/mol. The predicted octanol–water partition coefficient (Wildman–Crippen LogP) is 2.02. The zero-order valence-corrected chi connectivity index (χ0v) is 14.2. The lowest BCUT2D eigenvalue weighted by Crippen LogP contribution is -2.33. The molecule has 6 heteroatoms. The maximum absolute atomic E-state index is 12.1. The summed E-state index contributed by atoms with van der Waals surface area (Å²) in [6, 6.07) is 6.85. The highest BCUT2D eigenvalue weighted by atomic mass is 35.5. The predicted molar refractivity (Wildman–Crippen MR) is 91.2 cm³/mol. The van der Waals surface area contributed by atoms with Gasteiger partial charge in [-0.2, -0.15) is 0 Å². The smallest absolute Gasteiger partial charge is 0.222 e. The van der Waals surface area contributed by atoms with Crippen LogP contribution in [0.25, 0.3) is 0 Å². The number of amides is 2. The van der Waals surface area contributed by atoms with Crippen LogP contribution in [0, 0.1) is 5.92 Å². The van der Waals surface area contributed by atoms with Gasteiger partial charge in [0.25, 0.3) is 0 Å². The lowest BCUT2D eigenvalue weighted by Gasteiger charge is -2.18. The first-order valence-electron chi connectivity index (χ1n) is 8.04. The summed E-state index contributed by atoms with van der Waals surface area (Å²) in [6.45, 7) is 4.24. The van der Waals surface area contributed by atoms with Crippen LogP contribution in [0.4, 0.5) is 0 Å². The van der Waals surface area contributed by atoms with E-state index in [9.17, 15) is 9.59 Å². The van der Waals surface area contributed by atoms with Crippen LogP contribution in [0.1, 0.15) is 37.8 Å². The molecule has 1 aliphatic rings. The molecule has 1 heterocycles. The molecule has 2 unspecified atom stereocenters. The van der Waals surface area contributed by atoms with Crippen LogP contribution in [-0.2, 0) is 9.59 Å². The number of hydrogen-bond donors (Lipinski definition) is 3. The average Bonchev–Trinajstić information content (AvgIpc) is 3.00. The van der Waals surface area contributed by atoms with Crippen molar-refractivity contribution in [1.29, 1.82) is 0 Å². The lowest BCUT2D eigenvalue weighted by molar-refractivity contribution is -0.122. The minimum Gasteiger partial charge on any atom is -0.356 e. The number of carbonyl (C=O) groups is 2. The van der Waals surface area contributed by atoms with E-state index in [1.165, 1.54) is 13.3 Å². The van der Waals surface area contributed by atoms with E-state index in [0.717, 1.165) is 25.1 Å². The lowest BCUT2D eigenvalue weighted by atomic mass is 10.0. The fourth-order valence-electron chi connectivity index (χ4n) is 2.83. The van der Waals surface area contributed by atoms with Gasteiger partial charge in [0.15, 0.2) is 0 Å². The number of benzene rings is 1. The molecule has 0 saturated carbocycles. The van der Waals surface area contributed by atoms with E-state index in [4.69, 9.17) is 11.6 Å². The zero-order valence-electron chi connectivity index (χ0n) is 13.4. The Hall–Kier alpha value is -1.59. The van der Waals surface area contributed by atoms with Gasteiger partial charge in [0.05, 0.1) is 12.5 Å². The number of nitrogens with one attached hydrogen (secondary N) is 3. The van der Waals surface area contributed by atoms with Crippen molar-refractivity contribution in [2.24, 2.45) is 5.92 Å². The largest absolute Gasteiger partial charge is 0.356 e. The SMILES string of the molecule is CC(=O)NC(CC(=O)NCCC1CCNC1)c1ccc(Cl)cc1. The average molecular weight is 338 g/mol. The topological polar surface area (TPSA) is 70.2 Å². The van der Waals surface area contributed by atoms with Gasteiger partial charge in [-0.05, 0) is 49.5 Å². The third-order valence-corrected chi connectivity index (χ3v) is 4.33.